The first kappa shape index (κ1) is 18.4. The van der Waals surface area contributed by atoms with Gasteiger partial charge < -0.3 is 0 Å². The maximum absolute atomic E-state index is 12.1. The monoisotopic (exact) mass is 453 g/mol. The summed E-state index contributed by atoms with van der Waals surface area (Å²) in [6.07, 6.45) is 1.64. The van der Waals surface area contributed by atoms with Gasteiger partial charge in [-0.2, -0.15) is 0 Å². The number of nitrogens with one attached hydrogen (secondary N) is 2. The van der Waals surface area contributed by atoms with Crippen molar-refractivity contribution in [2.75, 3.05) is 4.90 Å². The molecule has 0 bridgehead atoms. The van der Waals surface area contributed by atoms with Crippen LogP contribution in [0.3, 0.4) is 0 Å². The molecule has 138 valence electrons. The van der Waals surface area contributed by atoms with Crippen LogP contribution in [0.2, 0.25) is 0 Å². The number of anilines is 3. The molecule has 0 aliphatic carbocycles. The summed E-state index contributed by atoms with van der Waals surface area (Å²) in [6, 6.07) is 24.2. The van der Waals surface area contributed by atoms with E-state index in [4.69, 9.17) is 12.2 Å². The summed E-state index contributed by atoms with van der Waals surface area (Å²) in [6.45, 7) is 0. The number of benzene rings is 2. The van der Waals surface area contributed by atoms with Crippen LogP contribution in [-0.4, -0.2) is 31.4 Å². The molecule has 1 saturated heterocycles. The number of hydrogen-bond acceptors (Lipinski definition) is 4. The third kappa shape index (κ3) is 3.82. The Morgan fingerprint density at radius 1 is 0.786 bits per heavy atom. The summed E-state index contributed by atoms with van der Waals surface area (Å²) in [5, 5.41) is 4.97. The predicted molar refractivity (Wildman–Crippen MR) is 115 cm³/mol. The fraction of sp³-hybridized carbons (Fsp3) is 0. The number of carbonyl (C=O) groups is 2. The van der Waals surface area contributed by atoms with Crippen molar-refractivity contribution in [3.63, 3.8) is 0 Å². The molecular weight excluding hydrogens is 437 g/mol. The first-order valence-electron chi connectivity index (χ1n) is 8.50. The molecule has 1 aromatic heterocycles. The van der Waals surface area contributed by atoms with Gasteiger partial charge in [-0.05, 0) is 0 Å². The SMILES string of the molecule is O=C1NC(=S)NC(=O)C1=Cc1ccc(N(c2ccccc2)c2ccccc2)[se]1. The molecule has 1 fully saturated rings. The Morgan fingerprint density at radius 3 is 1.86 bits per heavy atom. The fourth-order valence-electron chi connectivity index (χ4n) is 2.85. The van der Waals surface area contributed by atoms with E-state index in [2.05, 4.69) is 39.8 Å². The molecule has 5 nitrogen and oxygen atoms in total. The zero-order valence-corrected chi connectivity index (χ0v) is 17.1. The van der Waals surface area contributed by atoms with Gasteiger partial charge in [0.05, 0.1) is 0 Å². The van der Waals surface area contributed by atoms with Crippen LogP contribution in [-0.2, 0) is 9.59 Å². The minimum absolute atomic E-state index is 0.0382. The summed E-state index contributed by atoms with van der Waals surface area (Å²) in [4.78, 5) is 26.4. The second kappa shape index (κ2) is 7.94. The quantitative estimate of drug-likeness (QED) is 0.277. The van der Waals surface area contributed by atoms with Gasteiger partial charge in [-0.25, -0.2) is 0 Å². The zero-order chi connectivity index (χ0) is 19.5. The van der Waals surface area contributed by atoms with Crippen molar-refractivity contribution < 1.29 is 9.59 Å². The molecule has 2 amide bonds. The molecule has 1 aliphatic heterocycles. The van der Waals surface area contributed by atoms with Gasteiger partial charge in [0.15, 0.2) is 0 Å². The number of amides is 2. The van der Waals surface area contributed by atoms with E-state index in [-0.39, 0.29) is 25.2 Å². The summed E-state index contributed by atoms with van der Waals surface area (Å²) in [5.41, 5.74) is 2.19. The number of nitrogens with zero attached hydrogens (tertiary/aromatic N) is 1. The van der Waals surface area contributed by atoms with Gasteiger partial charge in [0.2, 0.25) is 0 Å². The normalized spacial score (nSPS) is 13.7. The average Bonchev–Trinajstić information content (AvgIpc) is 3.15. The van der Waals surface area contributed by atoms with E-state index in [1.807, 2.05) is 48.5 Å². The molecule has 4 rings (SSSR count). The Labute approximate surface area is 173 Å². The average molecular weight is 452 g/mol. The van der Waals surface area contributed by atoms with Gasteiger partial charge in [-0.3, -0.25) is 0 Å². The van der Waals surface area contributed by atoms with Crippen molar-refractivity contribution in [2.24, 2.45) is 0 Å². The standard InChI is InChI=1S/C21H15N3O2SSe/c25-19-17(20(26)23-21(27)22-19)13-16-11-12-18(28-16)24(14-7-3-1-4-8-14)15-9-5-2-6-10-15/h1-13H,(H2,22,23,25,26,27). The van der Waals surface area contributed by atoms with Gasteiger partial charge >= 0.3 is 174 Å². The molecule has 0 spiro atoms. The van der Waals surface area contributed by atoms with Crippen molar-refractivity contribution in [2.45, 2.75) is 0 Å². The minimum atomic E-state index is -0.470. The van der Waals surface area contributed by atoms with Gasteiger partial charge in [0.25, 0.3) is 0 Å². The summed E-state index contributed by atoms with van der Waals surface area (Å²) in [5.74, 6) is -0.941. The second-order valence-electron chi connectivity index (χ2n) is 5.98. The van der Waals surface area contributed by atoms with E-state index in [0.29, 0.717) is 0 Å². The number of carbonyl (C=O) groups excluding carboxylic acids is 2. The molecule has 3 aromatic rings. The predicted octanol–water partition coefficient (Wildman–Crippen LogP) is 3.13. The Balaban J connectivity index is 1.72. The summed E-state index contributed by atoms with van der Waals surface area (Å²) >= 11 is 4.77. The maximum atomic E-state index is 12.1. The molecule has 0 radical (unpaired) electrons. The molecule has 28 heavy (non-hydrogen) atoms. The molecule has 2 N–H and O–H groups in total. The van der Waals surface area contributed by atoms with Crippen molar-refractivity contribution in [1.29, 1.82) is 0 Å². The van der Waals surface area contributed by atoms with Gasteiger partial charge in [-0.1, -0.05) is 0 Å². The van der Waals surface area contributed by atoms with Crippen LogP contribution >= 0.6 is 12.2 Å². The molecule has 0 atom stereocenters. The summed E-state index contributed by atoms with van der Waals surface area (Å²) < 4.78 is 2.05. The molecule has 0 unspecified atom stereocenters. The van der Waals surface area contributed by atoms with Crippen LogP contribution in [0.25, 0.3) is 6.08 Å². The van der Waals surface area contributed by atoms with Gasteiger partial charge in [-0.15, -0.1) is 0 Å². The molecular formula is C21H15N3O2SSe. The van der Waals surface area contributed by atoms with Gasteiger partial charge in [0, 0.05) is 0 Å². The Kier molecular flexibility index (Phi) is 5.21. The Hall–Kier alpha value is -2.99. The van der Waals surface area contributed by atoms with E-state index in [0.717, 1.165) is 20.4 Å². The second-order valence-corrected chi connectivity index (χ2v) is 8.68. The first-order valence-corrected chi connectivity index (χ1v) is 10.6. The number of hydrogen-bond donors (Lipinski definition) is 2. The fourth-order valence-corrected chi connectivity index (χ4v) is 5.11. The number of para-hydroxylation sites is 2. The Bertz CT molecular complexity index is 1020. The van der Waals surface area contributed by atoms with Crippen LogP contribution < -0.4 is 15.5 Å². The van der Waals surface area contributed by atoms with E-state index < -0.39 is 11.8 Å². The molecule has 1 aliphatic rings. The van der Waals surface area contributed by atoms with E-state index in [9.17, 15) is 9.59 Å². The van der Waals surface area contributed by atoms with Gasteiger partial charge in [0.1, 0.15) is 0 Å². The molecule has 2 heterocycles. The zero-order valence-electron chi connectivity index (χ0n) is 14.6. The number of rotatable bonds is 4. The molecule has 7 heteroatoms. The third-order valence-corrected chi connectivity index (χ3v) is 6.43. The van der Waals surface area contributed by atoms with Crippen LogP contribution in [0.5, 0.6) is 0 Å². The van der Waals surface area contributed by atoms with Crippen LogP contribution in [0.1, 0.15) is 4.44 Å². The van der Waals surface area contributed by atoms with Crippen molar-refractivity contribution in [3.05, 3.63) is 82.8 Å². The van der Waals surface area contributed by atoms with E-state index >= 15 is 0 Å². The van der Waals surface area contributed by atoms with Crippen molar-refractivity contribution in [3.8, 4) is 0 Å². The van der Waals surface area contributed by atoms with Crippen LogP contribution in [0.15, 0.2) is 78.4 Å². The summed E-state index contributed by atoms with van der Waals surface area (Å²) in [7, 11) is 0. The van der Waals surface area contributed by atoms with Crippen molar-refractivity contribution in [1.82, 2.24) is 10.6 Å². The topological polar surface area (TPSA) is 61.4 Å². The Morgan fingerprint density at radius 2 is 1.32 bits per heavy atom. The third-order valence-electron chi connectivity index (χ3n) is 4.09. The molecule has 2 aromatic carbocycles. The number of thiocarbonyl (C=S) groups is 1. The van der Waals surface area contributed by atoms with E-state index in [1.165, 1.54) is 0 Å². The van der Waals surface area contributed by atoms with Crippen LogP contribution in [0.4, 0.5) is 15.9 Å². The van der Waals surface area contributed by atoms with E-state index in [1.54, 1.807) is 6.08 Å². The first-order chi connectivity index (χ1) is 13.6. The van der Waals surface area contributed by atoms with Crippen LogP contribution in [0, 0.1) is 0 Å². The van der Waals surface area contributed by atoms with Crippen molar-refractivity contribution >= 4 is 65.7 Å². The molecule has 0 saturated carbocycles.